The van der Waals surface area contributed by atoms with Gasteiger partial charge in [-0.05, 0) is 85.2 Å². The number of carbonyl (C=O) groups excluding carboxylic acids is 1. The minimum Gasteiger partial charge on any atom is -0.342 e. The third-order valence-corrected chi connectivity index (χ3v) is 12.3. The van der Waals surface area contributed by atoms with Gasteiger partial charge in [0.25, 0.3) is 0 Å². The summed E-state index contributed by atoms with van der Waals surface area (Å²) in [4.78, 5) is 15.0. The van der Waals surface area contributed by atoms with Crippen LogP contribution < -0.4 is 0 Å². The van der Waals surface area contributed by atoms with Gasteiger partial charge in [0.15, 0.2) is 9.84 Å². The molecule has 1 aliphatic heterocycles. The molecule has 1 amide bonds. The Morgan fingerprint density at radius 1 is 1.03 bits per heavy atom. The number of amides is 1. The van der Waals surface area contributed by atoms with Gasteiger partial charge in [-0.3, -0.25) is 4.79 Å². The first-order chi connectivity index (χ1) is 14.6. The van der Waals surface area contributed by atoms with E-state index in [1.165, 1.54) is 6.42 Å². The summed E-state index contributed by atoms with van der Waals surface area (Å²) in [6.07, 6.45) is 6.60. The Labute approximate surface area is 187 Å². The summed E-state index contributed by atoms with van der Waals surface area (Å²) in [5, 5.41) is -0.267. The summed E-state index contributed by atoms with van der Waals surface area (Å²) in [6.45, 7) is 7.17. The van der Waals surface area contributed by atoms with Gasteiger partial charge >= 0.3 is 0 Å². The minimum atomic E-state index is -3.30. The first-order valence-corrected chi connectivity index (χ1v) is 13.7. The van der Waals surface area contributed by atoms with Crippen LogP contribution in [-0.4, -0.2) is 37.6 Å². The van der Waals surface area contributed by atoms with Gasteiger partial charge in [0.2, 0.25) is 5.91 Å². The Hall–Kier alpha value is -1.36. The predicted octanol–water partition coefficient (Wildman–Crippen LogP) is 4.94. The fourth-order valence-electron chi connectivity index (χ4n) is 8.50. The molecule has 1 saturated heterocycles. The maximum atomic E-state index is 13.5. The molecule has 3 aliphatic carbocycles. The zero-order valence-corrected chi connectivity index (χ0v) is 20.2. The van der Waals surface area contributed by atoms with Crippen molar-refractivity contribution in [3.63, 3.8) is 0 Å². The van der Waals surface area contributed by atoms with Crippen molar-refractivity contribution in [1.29, 1.82) is 0 Å². The number of rotatable bonds is 2. The standard InChI is InChI=1S/C26H37NO3S/c1-17-14-22-26(3,13-11-23(28)27(22)4)20-10-12-25(2)16-19(15-21(25)24(17)20)31(29,30)18-8-6-5-7-9-18/h5-9,17,19-22,24H,10-16H2,1-4H3/t17-,19-,20-,21-,22+,24?,25+,26+/m0/s1. The number of likely N-dealkylation sites (tertiary alicyclic amines) is 1. The highest BCUT2D eigenvalue weighted by atomic mass is 32.2. The van der Waals surface area contributed by atoms with Crippen LogP contribution >= 0.6 is 0 Å². The largest absolute Gasteiger partial charge is 0.342 e. The monoisotopic (exact) mass is 443 g/mol. The van der Waals surface area contributed by atoms with Gasteiger partial charge in [-0.25, -0.2) is 8.42 Å². The first-order valence-electron chi connectivity index (χ1n) is 12.1. The van der Waals surface area contributed by atoms with E-state index in [4.69, 9.17) is 0 Å². The molecule has 0 N–H and O–H groups in total. The zero-order chi connectivity index (χ0) is 22.2. The van der Waals surface area contributed by atoms with Crippen LogP contribution in [0.3, 0.4) is 0 Å². The van der Waals surface area contributed by atoms with Gasteiger partial charge < -0.3 is 4.90 Å². The Balaban J connectivity index is 1.47. The number of hydrogen-bond donors (Lipinski definition) is 0. The van der Waals surface area contributed by atoms with Crippen LogP contribution in [0.25, 0.3) is 0 Å². The van der Waals surface area contributed by atoms with Crippen LogP contribution in [0.5, 0.6) is 0 Å². The Bertz CT molecular complexity index is 976. The number of piperidine rings is 1. The maximum absolute atomic E-state index is 13.5. The van der Waals surface area contributed by atoms with Gasteiger partial charge in [0, 0.05) is 19.5 Å². The third kappa shape index (κ3) is 3.05. The molecule has 31 heavy (non-hydrogen) atoms. The molecule has 5 rings (SSSR count). The lowest BCUT2D eigenvalue weighted by Gasteiger charge is -2.63. The quantitative estimate of drug-likeness (QED) is 0.651. The van der Waals surface area contributed by atoms with Crippen molar-refractivity contribution < 1.29 is 13.2 Å². The van der Waals surface area contributed by atoms with Gasteiger partial charge in [0.05, 0.1) is 10.1 Å². The molecule has 1 aromatic rings. The van der Waals surface area contributed by atoms with E-state index in [2.05, 4.69) is 20.8 Å². The number of benzene rings is 1. The lowest BCUT2D eigenvalue weighted by Crippen LogP contribution is -2.62. The highest BCUT2D eigenvalue weighted by Gasteiger charge is 2.63. The number of nitrogens with zero attached hydrogens (tertiary/aromatic N) is 1. The number of fused-ring (bicyclic) bond motifs is 5. The summed E-state index contributed by atoms with van der Waals surface area (Å²) in [5.74, 6) is 2.44. The fourth-order valence-corrected chi connectivity index (χ4v) is 10.5. The molecule has 1 heterocycles. The molecule has 170 valence electrons. The third-order valence-electron chi connectivity index (χ3n) is 10.2. The minimum absolute atomic E-state index is 0.113. The van der Waals surface area contributed by atoms with Crippen LogP contribution in [0, 0.1) is 34.5 Å². The van der Waals surface area contributed by atoms with Crippen molar-refractivity contribution >= 4 is 15.7 Å². The molecule has 5 heteroatoms. The first kappa shape index (κ1) is 21.5. The summed E-state index contributed by atoms with van der Waals surface area (Å²) in [7, 11) is -1.30. The second-order valence-electron chi connectivity index (χ2n) is 11.6. The average Bonchev–Trinajstić information content (AvgIpc) is 3.12. The van der Waals surface area contributed by atoms with Crippen LogP contribution in [-0.2, 0) is 14.6 Å². The lowest BCUT2D eigenvalue weighted by atomic mass is 9.45. The number of carbonyl (C=O) groups is 1. The van der Waals surface area contributed by atoms with Crippen molar-refractivity contribution in [1.82, 2.24) is 4.90 Å². The fraction of sp³-hybridized carbons (Fsp3) is 0.731. The summed E-state index contributed by atoms with van der Waals surface area (Å²) >= 11 is 0. The molecule has 0 aromatic heterocycles. The van der Waals surface area contributed by atoms with Crippen LogP contribution in [0.4, 0.5) is 0 Å². The molecular formula is C26H37NO3S. The molecule has 0 radical (unpaired) electrons. The predicted molar refractivity (Wildman–Crippen MR) is 122 cm³/mol. The van der Waals surface area contributed by atoms with E-state index < -0.39 is 9.84 Å². The van der Waals surface area contributed by atoms with Crippen LogP contribution in [0.15, 0.2) is 35.2 Å². The van der Waals surface area contributed by atoms with E-state index in [1.54, 1.807) is 12.1 Å². The SMILES string of the molecule is C[C@H]1C[C@H]2N(C)C(=O)CC[C@]2(C)[C@H]2CC[C@]3(C)C[C@@H](S(=O)(=O)c4ccccc4)C[C@H]3C12. The smallest absolute Gasteiger partial charge is 0.222 e. The Kier molecular flexibility index (Phi) is 4.90. The number of sulfone groups is 1. The molecule has 4 aliphatic rings. The van der Waals surface area contributed by atoms with Crippen molar-refractivity contribution in [2.24, 2.45) is 34.5 Å². The molecule has 1 aromatic carbocycles. The van der Waals surface area contributed by atoms with E-state index in [9.17, 15) is 13.2 Å². The van der Waals surface area contributed by atoms with Gasteiger partial charge in [0.1, 0.15) is 0 Å². The lowest BCUT2D eigenvalue weighted by molar-refractivity contribution is -0.164. The summed E-state index contributed by atoms with van der Waals surface area (Å²) in [6, 6.07) is 9.39. The second kappa shape index (κ2) is 7.07. The highest BCUT2D eigenvalue weighted by molar-refractivity contribution is 7.92. The maximum Gasteiger partial charge on any atom is 0.222 e. The topological polar surface area (TPSA) is 54.5 Å². The molecule has 4 nitrogen and oxygen atoms in total. The Morgan fingerprint density at radius 2 is 1.74 bits per heavy atom. The van der Waals surface area contributed by atoms with Crippen LogP contribution in [0.2, 0.25) is 0 Å². The molecule has 4 fully saturated rings. The van der Waals surface area contributed by atoms with E-state index in [0.29, 0.717) is 46.9 Å². The Morgan fingerprint density at radius 3 is 2.45 bits per heavy atom. The molecule has 0 spiro atoms. The van der Waals surface area contributed by atoms with Crippen molar-refractivity contribution in [2.75, 3.05) is 7.05 Å². The molecule has 0 bridgehead atoms. The van der Waals surface area contributed by atoms with E-state index >= 15 is 0 Å². The van der Waals surface area contributed by atoms with Crippen molar-refractivity contribution in [3.05, 3.63) is 30.3 Å². The number of hydrogen-bond acceptors (Lipinski definition) is 3. The average molecular weight is 444 g/mol. The zero-order valence-electron chi connectivity index (χ0n) is 19.4. The van der Waals surface area contributed by atoms with Gasteiger partial charge in [-0.15, -0.1) is 0 Å². The van der Waals surface area contributed by atoms with Gasteiger partial charge in [-0.2, -0.15) is 0 Å². The van der Waals surface area contributed by atoms with E-state index in [1.807, 2.05) is 30.1 Å². The van der Waals surface area contributed by atoms with E-state index in [0.717, 1.165) is 32.1 Å². The normalized spacial score (nSPS) is 45.0. The molecule has 3 saturated carbocycles. The highest BCUT2D eigenvalue weighted by Crippen LogP contribution is 2.66. The van der Waals surface area contributed by atoms with Gasteiger partial charge in [-0.1, -0.05) is 39.0 Å². The summed E-state index contributed by atoms with van der Waals surface area (Å²) < 4.78 is 27.0. The molecule has 1 unspecified atom stereocenters. The summed E-state index contributed by atoms with van der Waals surface area (Å²) in [5.41, 5.74) is 0.277. The van der Waals surface area contributed by atoms with Crippen LogP contribution in [0.1, 0.15) is 65.7 Å². The molecular weight excluding hydrogens is 406 g/mol. The second-order valence-corrected chi connectivity index (χ2v) is 13.9. The van der Waals surface area contributed by atoms with Crippen molar-refractivity contribution in [3.8, 4) is 0 Å². The molecule has 8 atom stereocenters. The van der Waals surface area contributed by atoms with Crippen molar-refractivity contribution in [2.45, 2.75) is 81.9 Å². The van der Waals surface area contributed by atoms with E-state index in [-0.39, 0.29) is 16.1 Å².